The molecule has 11 heteroatoms. The van der Waals surface area contributed by atoms with Crippen LogP contribution in [0.15, 0.2) is 70.5 Å². The molecule has 0 saturated carbocycles. The summed E-state index contributed by atoms with van der Waals surface area (Å²) in [5.41, 5.74) is 0. The average Bonchev–Trinajstić information content (AvgIpc) is 3.45. The molecule has 2 aliphatic rings. The Morgan fingerprint density at radius 2 is 1.00 bits per heavy atom. The molecule has 2 aromatic rings. The van der Waals surface area contributed by atoms with Gasteiger partial charge in [-0.1, -0.05) is 0 Å². The van der Waals surface area contributed by atoms with Crippen LogP contribution in [0.1, 0.15) is 12.8 Å². The maximum absolute atomic E-state index is 12.7. The van der Waals surface area contributed by atoms with Crippen LogP contribution >= 0.6 is 0 Å². The van der Waals surface area contributed by atoms with Crippen molar-refractivity contribution < 1.29 is 56.1 Å². The van der Waals surface area contributed by atoms with Gasteiger partial charge in [0, 0.05) is 35.8 Å². The van der Waals surface area contributed by atoms with E-state index in [0.717, 1.165) is 49.6 Å². The smallest absolute Gasteiger partial charge is 0.273 e. The van der Waals surface area contributed by atoms with E-state index in [-0.39, 0.29) is 21.7 Å². The Labute approximate surface area is 218 Å². The summed E-state index contributed by atoms with van der Waals surface area (Å²) >= 11 is 0. The summed E-state index contributed by atoms with van der Waals surface area (Å²) in [7, 11) is -7.25. The van der Waals surface area contributed by atoms with E-state index in [9.17, 15) is 34.4 Å². The van der Waals surface area contributed by atoms with Crippen molar-refractivity contribution in [3.63, 3.8) is 0 Å². The Morgan fingerprint density at radius 3 is 1.17 bits per heavy atom. The van der Waals surface area contributed by atoms with Gasteiger partial charge in [0.15, 0.2) is 0 Å². The summed E-state index contributed by atoms with van der Waals surface area (Å²) in [5.74, 6) is -4.20. The van der Waals surface area contributed by atoms with Crippen LogP contribution in [0.3, 0.4) is 0 Å². The zero-order chi connectivity index (χ0) is 25.8. The van der Waals surface area contributed by atoms with Crippen LogP contribution in [0, 0.1) is 47.6 Å². The third kappa shape index (κ3) is 13.4. The van der Waals surface area contributed by atoms with Crippen molar-refractivity contribution in [3.05, 3.63) is 108 Å². The number of halogens is 4. The molecular formula is C24H20F4O4S2Ti. The first-order chi connectivity index (χ1) is 15.8. The van der Waals surface area contributed by atoms with Gasteiger partial charge in [0.05, 0.1) is 0 Å². The van der Waals surface area contributed by atoms with E-state index in [1.807, 2.05) is 24.3 Å². The molecule has 0 saturated heterocycles. The molecule has 2 aromatic carbocycles. The third-order valence-corrected chi connectivity index (χ3v) is 5.85. The first-order valence-electron chi connectivity index (χ1n) is 9.40. The fraction of sp³-hybridized carbons (Fsp3) is 0.167. The molecule has 2 aliphatic carbocycles. The Bertz CT molecular complexity index is 1180. The summed E-state index contributed by atoms with van der Waals surface area (Å²) in [5, 5.41) is 0. The summed E-state index contributed by atoms with van der Waals surface area (Å²) < 4.78 is 93.0. The van der Waals surface area contributed by atoms with E-state index < -0.39 is 52.7 Å². The van der Waals surface area contributed by atoms with E-state index in [1.54, 1.807) is 12.1 Å². The molecule has 0 fully saturated rings. The molecule has 184 valence electrons. The Kier molecular flexibility index (Phi) is 14.7. The third-order valence-electron chi connectivity index (χ3n) is 3.62. The minimum Gasteiger partial charge on any atom is -0.273 e. The first kappa shape index (κ1) is 32.7. The number of allylic oxidation sites excluding steroid dienone is 8. The molecule has 0 bridgehead atoms. The van der Waals surface area contributed by atoms with E-state index in [1.165, 1.54) is 0 Å². The van der Waals surface area contributed by atoms with Crippen molar-refractivity contribution in [2.75, 3.05) is 12.5 Å². The number of rotatable bonds is 2. The maximum Gasteiger partial charge on any atom is 4.00 e. The van der Waals surface area contributed by atoms with Gasteiger partial charge in [0.1, 0.15) is 19.7 Å². The van der Waals surface area contributed by atoms with Gasteiger partial charge in [-0.15, -0.1) is 49.2 Å². The van der Waals surface area contributed by atoms with Crippen LogP contribution < -0.4 is 0 Å². The van der Waals surface area contributed by atoms with Crippen molar-refractivity contribution in [2.24, 2.45) is 0 Å². The number of sulfone groups is 2. The Hall–Kier alpha value is -2.27. The Morgan fingerprint density at radius 1 is 0.657 bits per heavy atom. The van der Waals surface area contributed by atoms with Gasteiger partial charge in [-0.05, 0) is 9.79 Å². The van der Waals surface area contributed by atoms with Gasteiger partial charge < -0.3 is 0 Å². The minimum atomic E-state index is -3.62. The van der Waals surface area contributed by atoms with Crippen LogP contribution in [0.4, 0.5) is 17.6 Å². The molecule has 0 unspecified atom stereocenters. The summed E-state index contributed by atoms with van der Waals surface area (Å²) in [6, 6.07) is 6.70. The van der Waals surface area contributed by atoms with Gasteiger partial charge in [0.25, 0.3) is 0 Å². The predicted octanol–water partition coefficient (Wildman–Crippen LogP) is 4.95. The van der Waals surface area contributed by atoms with Crippen LogP contribution in [0.5, 0.6) is 0 Å². The molecule has 35 heavy (non-hydrogen) atoms. The molecular weight excluding hydrogens is 540 g/mol. The first-order valence-corrected chi connectivity index (χ1v) is 13.2. The second kappa shape index (κ2) is 15.7. The number of hydrogen-bond donors (Lipinski definition) is 0. The summed E-state index contributed by atoms with van der Waals surface area (Å²) in [4.78, 5) is -1.08. The maximum atomic E-state index is 12.7. The Balaban J connectivity index is 0.000000468. The fourth-order valence-electron chi connectivity index (χ4n) is 2.11. The molecule has 0 aliphatic heterocycles. The molecule has 0 amide bonds. The van der Waals surface area contributed by atoms with Gasteiger partial charge in [-0.2, -0.15) is 12.2 Å². The van der Waals surface area contributed by atoms with E-state index in [2.05, 4.69) is 24.3 Å². The quantitative estimate of drug-likeness (QED) is 0.226. The zero-order valence-electron chi connectivity index (χ0n) is 18.6. The minimum absolute atomic E-state index is 0. The van der Waals surface area contributed by atoms with Crippen molar-refractivity contribution in [3.8, 4) is 0 Å². The van der Waals surface area contributed by atoms with E-state index in [0.29, 0.717) is 0 Å². The van der Waals surface area contributed by atoms with Crippen LogP contribution in [-0.2, 0) is 41.4 Å². The van der Waals surface area contributed by atoms with Gasteiger partial charge in [-0.3, -0.25) is 12.2 Å². The molecule has 0 N–H and O–H groups in total. The molecule has 4 rings (SSSR count). The summed E-state index contributed by atoms with van der Waals surface area (Å²) in [6.45, 7) is 0. The normalized spacial score (nSPS) is 13.0. The van der Waals surface area contributed by atoms with Gasteiger partial charge in [-0.25, -0.2) is 58.7 Å². The standard InChI is InChI=1S/2C7H5F2O2S.2C5H5.Ti/c2*1-12(10,11)7-3-2-5(8)4-6(7)9;2*1-2-4-5-3-1;/h2*2-3H,1H3;2*1-3H,4H2;/q4*-1;+4. The largest absolute Gasteiger partial charge is 4.00 e. The fourth-order valence-corrected chi connectivity index (χ4v) is 3.50. The van der Waals surface area contributed by atoms with Crippen LogP contribution in [0.2, 0.25) is 0 Å². The molecule has 0 spiro atoms. The molecule has 4 nitrogen and oxygen atoms in total. The second-order valence-electron chi connectivity index (χ2n) is 6.52. The summed E-state index contributed by atoms with van der Waals surface area (Å²) in [6.07, 6.45) is 21.7. The molecule has 0 heterocycles. The molecule has 0 radical (unpaired) electrons. The van der Waals surface area contributed by atoms with Crippen molar-refractivity contribution in [1.82, 2.24) is 0 Å². The number of benzene rings is 2. The SMILES string of the molecule is CS(=O)(=O)c1ccc(F)[c-]c1F.CS(=O)(=O)c1ccc(F)[c-]c1F.[C-]1=CC=CC1.[C-]1=CC=CC1.[Ti+4]. The van der Waals surface area contributed by atoms with Gasteiger partial charge in [0.2, 0.25) is 0 Å². The molecule has 0 atom stereocenters. The zero-order valence-corrected chi connectivity index (χ0v) is 21.8. The van der Waals surface area contributed by atoms with E-state index >= 15 is 0 Å². The van der Waals surface area contributed by atoms with Crippen LogP contribution in [-0.4, -0.2) is 29.3 Å². The predicted molar refractivity (Wildman–Crippen MR) is 120 cm³/mol. The topological polar surface area (TPSA) is 68.3 Å². The van der Waals surface area contributed by atoms with Crippen molar-refractivity contribution in [1.29, 1.82) is 0 Å². The monoisotopic (exact) mass is 560 g/mol. The molecule has 0 aromatic heterocycles. The number of hydrogen-bond acceptors (Lipinski definition) is 4. The van der Waals surface area contributed by atoms with Crippen molar-refractivity contribution in [2.45, 2.75) is 22.6 Å². The van der Waals surface area contributed by atoms with Crippen LogP contribution in [0.25, 0.3) is 0 Å². The van der Waals surface area contributed by atoms with E-state index in [4.69, 9.17) is 0 Å². The average molecular weight is 560 g/mol. The van der Waals surface area contributed by atoms with Crippen molar-refractivity contribution >= 4 is 19.7 Å². The second-order valence-corrected chi connectivity index (χ2v) is 10.5. The van der Waals surface area contributed by atoms with Gasteiger partial charge >= 0.3 is 21.7 Å².